The van der Waals surface area contributed by atoms with Crippen molar-refractivity contribution in [2.45, 2.75) is 19.9 Å². The van der Waals surface area contributed by atoms with Crippen molar-refractivity contribution in [3.05, 3.63) is 30.5 Å². The third-order valence-corrected chi connectivity index (χ3v) is 3.51. The highest BCUT2D eigenvalue weighted by atomic mass is 16.5. The Morgan fingerprint density at radius 3 is 2.68 bits per heavy atom. The summed E-state index contributed by atoms with van der Waals surface area (Å²) in [7, 11) is 1.61. The van der Waals surface area contributed by atoms with E-state index in [-0.39, 0.29) is 18.6 Å². The molecular weight excluding hydrogens is 280 g/mol. The Hall–Kier alpha value is -2.34. The Bertz CT molecular complexity index is 631. The molecule has 0 unspecified atom stereocenters. The van der Waals surface area contributed by atoms with Gasteiger partial charge in [-0.3, -0.25) is 0 Å². The SMILES string of the molecule is COc1ccccc1-c1cnc(N)c(N[C@@H](CO)C(C)C)n1. The molecule has 6 nitrogen and oxygen atoms in total. The first-order chi connectivity index (χ1) is 10.6. The molecule has 22 heavy (non-hydrogen) atoms. The fraction of sp³-hybridized carbons (Fsp3) is 0.375. The van der Waals surface area contributed by atoms with Crippen LogP contribution < -0.4 is 15.8 Å². The minimum Gasteiger partial charge on any atom is -0.496 e. The molecule has 0 fully saturated rings. The van der Waals surface area contributed by atoms with Gasteiger partial charge in [-0.05, 0) is 18.1 Å². The van der Waals surface area contributed by atoms with Crippen LogP contribution in [0.5, 0.6) is 5.75 Å². The summed E-state index contributed by atoms with van der Waals surface area (Å²) in [5.41, 5.74) is 7.39. The lowest BCUT2D eigenvalue weighted by Crippen LogP contribution is -2.30. The molecule has 0 radical (unpaired) electrons. The highest BCUT2D eigenvalue weighted by Gasteiger charge is 2.16. The summed E-state index contributed by atoms with van der Waals surface area (Å²) >= 11 is 0. The van der Waals surface area contributed by atoms with E-state index in [9.17, 15) is 5.11 Å². The van der Waals surface area contributed by atoms with E-state index in [4.69, 9.17) is 10.5 Å². The molecule has 118 valence electrons. The molecule has 0 bridgehead atoms. The lowest BCUT2D eigenvalue weighted by atomic mass is 10.1. The lowest BCUT2D eigenvalue weighted by molar-refractivity contribution is 0.249. The minimum atomic E-state index is -0.135. The molecule has 0 aliphatic carbocycles. The van der Waals surface area contributed by atoms with Gasteiger partial charge in [-0.15, -0.1) is 0 Å². The molecule has 1 aromatic heterocycles. The summed E-state index contributed by atoms with van der Waals surface area (Å²) in [6.45, 7) is 4.03. The van der Waals surface area contributed by atoms with Crippen LogP contribution in [0.2, 0.25) is 0 Å². The van der Waals surface area contributed by atoms with Gasteiger partial charge in [0, 0.05) is 5.56 Å². The number of benzene rings is 1. The van der Waals surface area contributed by atoms with Gasteiger partial charge >= 0.3 is 0 Å². The Kier molecular flexibility index (Phi) is 5.16. The van der Waals surface area contributed by atoms with Crippen molar-refractivity contribution in [3.63, 3.8) is 0 Å². The quantitative estimate of drug-likeness (QED) is 0.757. The van der Waals surface area contributed by atoms with E-state index in [1.165, 1.54) is 0 Å². The van der Waals surface area contributed by atoms with Gasteiger partial charge in [0.15, 0.2) is 11.6 Å². The van der Waals surface area contributed by atoms with Gasteiger partial charge in [0.05, 0.1) is 31.6 Å². The zero-order valence-electron chi connectivity index (χ0n) is 13.1. The molecule has 0 saturated heterocycles. The molecule has 0 aliphatic rings. The Labute approximate surface area is 130 Å². The Morgan fingerprint density at radius 2 is 2.05 bits per heavy atom. The number of ether oxygens (including phenoxy) is 1. The van der Waals surface area contributed by atoms with Crippen molar-refractivity contribution in [1.82, 2.24) is 9.97 Å². The van der Waals surface area contributed by atoms with Crippen LogP contribution in [0.1, 0.15) is 13.8 Å². The molecule has 4 N–H and O–H groups in total. The van der Waals surface area contributed by atoms with Gasteiger partial charge in [-0.25, -0.2) is 9.97 Å². The van der Waals surface area contributed by atoms with Crippen molar-refractivity contribution < 1.29 is 9.84 Å². The number of methoxy groups -OCH3 is 1. The van der Waals surface area contributed by atoms with Gasteiger partial charge in [0.1, 0.15) is 5.75 Å². The van der Waals surface area contributed by atoms with Crippen molar-refractivity contribution in [2.75, 3.05) is 24.8 Å². The van der Waals surface area contributed by atoms with Crippen molar-refractivity contribution >= 4 is 11.6 Å². The van der Waals surface area contributed by atoms with E-state index in [2.05, 4.69) is 15.3 Å². The number of hydrogen-bond acceptors (Lipinski definition) is 6. The predicted octanol–water partition coefficient (Wildman–Crippen LogP) is 2.16. The van der Waals surface area contributed by atoms with E-state index < -0.39 is 0 Å². The molecule has 1 heterocycles. The molecule has 6 heteroatoms. The number of nitrogens with two attached hydrogens (primary N) is 1. The number of nitrogen functional groups attached to an aromatic ring is 1. The van der Waals surface area contributed by atoms with Crippen molar-refractivity contribution in [2.24, 2.45) is 5.92 Å². The molecule has 2 rings (SSSR count). The smallest absolute Gasteiger partial charge is 0.169 e. The maximum absolute atomic E-state index is 9.45. The second-order valence-electron chi connectivity index (χ2n) is 5.37. The summed E-state index contributed by atoms with van der Waals surface area (Å²) < 4.78 is 5.35. The number of aliphatic hydroxyl groups is 1. The number of para-hydroxylation sites is 1. The van der Waals surface area contributed by atoms with E-state index in [1.54, 1.807) is 13.3 Å². The number of hydrogen-bond donors (Lipinski definition) is 3. The van der Waals surface area contributed by atoms with Crippen LogP contribution in [0, 0.1) is 5.92 Å². The van der Waals surface area contributed by atoms with Crippen LogP contribution >= 0.6 is 0 Å². The Balaban J connectivity index is 2.38. The maximum Gasteiger partial charge on any atom is 0.169 e. The summed E-state index contributed by atoms with van der Waals surface area (Å²) in [6.07, 6.45) is 1.61. The zero-order valence-corrected chi connectivity index (χ0v) is 13.1. The summed E-state index contributed by atoms with van der Waals surface area (Å²) in [5.74, 6) is 1.73. The number of aromatic nitrogens is 2. The standard InChI is InChI=1S/C16H22N4O2/c1-10(2)13(9-21)20-16-15(17)18-8-12(19-16)11-6-4-5-7-14(11)22-3/h4-8,10,13,21H,9H2,1-3H3,(H2,17,18)(H,19,20)/t13-/m0/s1. The molecule has 0 aliphatic heterocycles. The molecule has 1 aromatic carbocycles. The van der Waals surface area contributed by atoms with E-state index in [1.807, 2.05) is 38.1 Å². The molecule has 0 amide bonds. The number of nitrogens with zero attached hydrogens (tertiary/aromatic N) is 2. The average molecular weight is 302 g/mol. The number of rotatable bonds is 6. The van der Waals surface area contributed by atoms with Gasteiger partial charge in [-0.2, -0.15) is 0 Å². The summed E-state index contributed by atoms with van der Waals surface area (Å²) in [5, 5.41) is 12.6. The van der Waals surface area contributed by atoms with Gasteiger partial charge in [0.2, 0.25) is 0 Å². The van der Waals surface area contributed by atoms with Gasteiger partial charge in [-0.1, -0.05) is 26.0 Å². The fourth-order valence-electron chi connectivity index (χ4n) is 2.09. The van der Waals surface area contributed by atoms with E-state index >= 15 is 0 Å². The lowest BCUT2D eigenvalue weighted by Gasteiger charge is -2.21. The fourth-order valence-corrected chi connectivity index (χ4v) is 2.09. The molecule has 0 saturated carbocycles. The first kappa shape index (κ1) is 16.0. The highest BCUT2D eigenvalue weighted by molar-refractivity contribution is 5.70. The second kappa shape index (κ2) is 7.09. The predicted molar refractivity (Wildman–Crippen MR) is 87.8 cm³/mol. The molecule has 2 aromatic rings. The Morgan fingerprint density at radius 1 is 1.32 bits per heavy atom. The molecule has 0 spiro atoms. The van der Waals surface area contributed by atoms with E-state index in [0.29, 0.717) is 17.3 Å². The third kappa shape index (κ3) is 3.46. The van der Waals surface area contributed by atoms with Gasteiger partial charge in [0.25, 0.3) is 0 Å². The highest BCUT2D eigenvalue weighted by Crippen LogP contribution is 2.29. The van der Waals surface area contributed by atoms with Crippen LogP contribution in [0.25, 0.3) is 11.3 Å². The first-order valence-corrected chi connectivity index (χ1v) is 7.20. The van der Waals surface area contributed by atoms with Crippen LogP contribution in [-0.4, -0.2) is 34.8 Å². The summed E-state index contributed by atoms with van der Waals surface area (Å²) in [4.78, 5) is 8.72. The minimum absolute atomic E-state index is 0.00231. The molecule has 1 atom stereocenters. The topological polar surface area (TPSA) is 93.3 Å². The second-order valence-corrected chi connectivity index (χ2v) is 5.37. The summed E-state index contributed by atoms with van der Waals surface area (Å²) in [6, 6.07) is 7.45. The number of aliphatic hydroxyl groups excluding tert-OH is 1. The van der Waals surface area contributed by atoms with Crippen LogP contribution in [0.3, 0.4) is 0 Å². The van der Waals surface area contributed by atoms with Crippen LogP contribution in [0.4, 0.5) is 11.6 Å². The van der Waals surface area contributed by atoms with Crippen LogP contribution in [-0.2, 0) is 0 Å². The normalized spacial score (nSPS) is 12.2. The third-order valence-electron chi connectivity index (χ3n) is 3.51. The monoisotopic (exact) mass is 302 g/mol. The van der Waals surface area contributed by atoms with Gasteiger partial charge < -0.3 is 20.9 Å². The van der Waals surface area contributed by atoms with Crippen LogP contribution in [0.15, 0.2) is 30.5 Å². The van der Waals surface area contributed by atoms with Crippen molar-refractivity contribution in [3.8, 4) is 17.0 Å². The zero-order chi connectivity index (χ0) is 16.1. The number of anilines is 2. The number of nitrogens with one attached hydrogen (secondary N) is 1. The molecular formula is C16H22N4O2. The van der Waals surface area contributed by atoms with Crippen molar-refractivity contribution in [1.29, 1.82) is 0 Å². The largest absolute Gasteiger partial charge is 0.496 e. The average Bonchev–Trinajstić information content (AvgIpc) is 2.53. The maximum atomic E-state index is 9.45. The first-order valence-electron chi connectivity index (χ1n) is 7.20. The van der Waals surface area contributed by atoms with E-state index in [0.717, 1.165) is 11.3 Å².